The van der Waals surface area contributed by atoms with Crippen LogP contribution in [0.15, 0.2) is 72.9 Å². The minimum atomic E-state index is -0.157. The summed E-state index contributed by atoms with van der Waals surface area (Å²) in [6, 6.07) is 20.9. The molecule has 164 valence electrons. The number of hydrogen-bond donors (Lipinski definition) is 1. The van der Waals surface area contributed by atoms with Crippen molar-refractivity contribution in [2.24, 2.45) is 0 Å². The number of nitrogens with zero attached hydrogens (tertiary/aromatic N) is 3. The lowest BCUT2D eigenvalue weighted by molar-refractivity contribution is 0.0948. The van der Waals surface area contributed by atoms with E-state index in [0.717, 1.165) is 42.7 Å². The summed E-state index contributed by atoms with van der Waals surface area (Å²) in [6.07, 6.45) is 4.00. The van der Waals surface area contributed by atoms with E-state index in [-0.39, 0.29) is 5.91 Å². The molecule has 2 aromatic heterocycles. The van der Waals surface area contributed by atoms with E-state index >= 15 is 0 Å². The van der Waals surface area contributed by atoms with Crippen LogP contribution in [0.4, 0.5) is 0 Å². The first-order chi connectivity index (χ1) is 15.7. The van der Waals surface area contributed by atoms with Gasteiger partial charge in [0.2, 0.25) is 0 Å². The number of halogens is 1. The number of fused-ring (bicyclic) bond motifs is 1. The normalized spacial score (nSPS) is 10.9. The first kappa shape index (κ1) is 21.8. The van der Waals surface area contributed by atoms with Gasteiger partial charge in [-0.15, -0.1) is 0 Å². The molecule has 0 radical (unpaired) electrons. The predicted octanol–water partition coefficient (Wildman–Crippen LogP) is 4.92. The molecule has 0 saturated heterocycles. The van der Waals surface area contributed by atoms with Crippen LogP contribution >= 0.6 is 11.6 Å². The summed E-state index contributed by atoms with van der Waals surface area (Å²) in [5.41, 5.74) is 2.52. The van der Waals surface area contributed by atoms with Crippen LogP contribution in [-0.2, 0) is 13.0 Å². The highest BCUT2D eigenvalue weighted by Crippen LogP contribution is 2.23. The van der Waals surface area contributed by atoms with Crippen molar-refractivity contribution in [2.75, 3.05) is 13.2 Å². The van der Waals surface area contributed by atoms with Crippen LogP contribution in [0.1, 0.15) is 29.2 Å². The van der Waals surface area contributed by atoms with Crippen LogP contribution in [0.2, 0.25) is 5.02 Å². The zero-order chi connectivity index (χ0) is 22.2. The largest absolute Gasteiger partial charge is 0.492 e. The van der Waals surface area contributed by atoms with E-state index in [1.165, 1.54) is 0 Å². The summed E-state index contributed by atoms with van der Waals surface area (Å²) in [5.74, 6) is 1.56. The van der Waals surface area contributed by atoms with Gasteiger partial charge >= 0.3 is 0 Å². The zero-order valence-electron chi connectivity index (χ0n) is 17.7. The summed E-state index contributed by atoms with van der Waals surface area (Å²) in [6.45, 7) is 1.92. The van der Waals surface area contributed by atoms with Gasteiger partial charge in [0.05, 0.1) is 22.7 Å². The molecule has 7 heteroatoms. The summed E-state index contributed by atoms with van der Waals surface area (Å²) in [7, 11) is 0. The molecule has 0 atom stereocenters. The van der Waals surface area contributed by atoms with Crippen LogP contribution < -0.4 is 10.1 Å². The number of aromatic nitrogens is 3. The fraction of sp³-hybridized carbons (Fsp3) is 0.240. The molecule has 0 saturated carbocycles. The number of benzene rings is 2. The molecule has 0 aliphatic heterocycles. The Balaban J connectivity index is 1.33. The SMILES string of the molecule is O=C(NCCCc1nc2ccccc2n1CCCOc1ccccc1Cl)c1ccccn1. The van der Waals surface area contributed by atoms with Gasteiger partial charge in [0.1, 0.15) is 17.3 Å². The molecule has 1 N–H and O–H groups in total. The van der Waals surface area contributed by atoms with E-state index in [1.807, 2.05) is 42.5 Å². The van der Waals surface area contributed by atoms with Gasteiger partial charge in [0.25, 0.3) is 5.91 Å². The summed E-state index contributed by atoms with van der Waals surface area (Å²) >= 11 is 6.16. The van der Waals surface area contributed by atoms with Crippen molar-refractivity contribution in [2.45, 2.75) is 25.8 Å². The molecular formula is C25H25ClN4O2. The monoisotopic (exact) mass is 448 g/mol. The van der Waals surface area contributed by atoms with Crippen molar-refractivity contribution >= 4 is 28.5 Å². The summed E-state index contributed by atoms with van der Waals surface area (Å²) in [4.78, 5) is 21.1. The van der Waals surface area contributed by atoms with Crippen molar-refractivity contribution in [1.82, 2.24) is 19.9 Å². The highest BCUT2D eigenvalue weighted by molar-refractivity contribution is 6.32. The molecule has 6 nitrogen and oxygen atoms in total. The maximum Gasteiger partial charge on any atom is 0.269 e. The molecular weight excluding hydrogens is 424 g/mol. The van der Waals surface area contributed by atoms with E-state index in [0.29, 0.717) is 29.6 Å². The molecule has 0 aliphatic rings. The van der Waals surface area contributed by atoms with Crippen molar-refractivity contribution in [1.29, 1.82) is 0 Å². The third kappa shape index (κ3) is 5.45. The van der Waals surface area contributed by atoms with Gasteiger partial charge in [-0.05, 0) is 49.2 Å². The molecule has 0 fully saturated rings. The zero-order valence-corrected chi connectivity index (χ0v) is 18.5. The number of hydrogen-bond acceptors (Lipinski definition) is 4. The second kappa shape index (κ2) is 10.8. The minimum absolute atomic E-state index is 0.157. The molecule has 4 rings (SSSR count). The number of para-hydroxylation sites is 3. The molecule has 0 spiro atoms. The maximum atomic E-state index is 12.2. The number of imidazole rings is 1. The van der Waals surface area contributed by atoms with E-state index in [9.17, 15) is 4.79 Å². The minimum Gasteiger partial charge on any atom is -0.492 e. The van der Waals surface area contributed by atoms with E-state index in [1.54, 1.807) is 24.4 Å². The van der Waals surface area contributed by atoms with Crippen LogP contribution in [-0.4, -0.2) is 33.6 Å². The number of aryl methyl sites for hydroxylation is 2. The Bertz CT molecular complexity index is 1180. The third-order valence-electron chi connectivity index (χ3n) is 5.11. The lowest BCUT2D eigenvalue weighted by atomic mass is 10.2. The molecule has 2 aromatic carbocycles. The van der Waals surface area contributed by atoms with Crippen LogP contribution in [0.25, 0.3) is 11.0 Å². The first-order valence-corrected chi connectivity index (χ1v) is 11.1. The number of carbonyl (C=O) groups is 1. The Morgan fingerprint density at radius 2 is 1.81 bits per heavy atom. The quantitative estimate of drug-likeness (QED) is 0.350. The van der Waals surface area contributed by atoms with Gasteiger partial charge < -0.3 is 14.6 Å². The van der Waals surface area contributed by atoms with Crippen LogP contribution in [0.5, 0.6) is 5.75 Å². The Hall–Kier alpha value is -3.38. The van der Waals surface area contributed by atoms with Gasteiger partial charge in [-0.3, -0.25) is 9.78 Å². The number of pyridine rings is 1. The van der Waals surface area contributed by atoms with Gasteiger partial charge in [0, 0.05) is 25.7 Å². The van der Waals surface area contributed by atoms with Gasteiger partial charge in [-0.25, -0.2) is 4.98 Å². The number of carbonyl (C=O) groups excluding carboxylic acids is 1. The average Bonchev–Trinajstić information content (AvgIpc) is 3.18. The van der Waals surface area contributed by atoms with Crippen LogP contribution in [0, 0.1) is 0 Å². The van der Waals surface area contributed by atoms with Crippen molar-refractivity contribution in [3.63, 3.8) is 0 Å². The third-order valence-corrected chi connectivity index (χ3v) is 5.43. The molecule has 1 amide bonds. The highest BCUT2D eigenvalue weighted by atomic mass is 35.5. The van der Waals surface area contributed by atoms with Crippen molar-refractivity contribution < 1.29 is 9.53 Å². The van der Waals surface area contributed by atoms with Gasteiger partial charge in [0.15, 0.2) is 0 Å². The molecule has 0 unspecified atom stereocenters. The average molecular weight is 449 g/mol. The lowest BCUT2D eigenvalue weighted by Gasteiger charge is -2.11. The number of nitrogens with one attached hydrogen (secondary N) is 1. The number of rotatable bonds is 10. The Kier molecular flexibility index (Phi) is 7.35. The summed E-state index contributed by atoms with van der Waals surface area (Å²) < 4.78 is 8.08. The fourth-order valence-electron chi connectivity index (χ4n) is 3.57. The number of ether oxygens (including phenoxy) is 1. The second-order valence-corrected chi connectivity index (χ2v) is 7.78. The Morgan fingerprint density at radius 1 is 1.00 bits per heavy atom. The predicted molar refractivity (Wildman–Crippen MR) is 126 cm³/mol. The summed E-state index contributed by atoms with van der Waals surface area (Å²) in [5, 5.41) is 3.55. The number of amides is 1. The van der Waals surface area contributed by atoms with E-state index in [2.05, 4.69) is 20.9 Å². The molecule has 4 aromatic rings. The Morgan fingerprint density at radius 3 is 2.66 bits per heavy atom. The van der Waals surface area contributed by atoms with Crippen molar-refractivity contribution in [3.05, 3.63) is 89.5 Å². The molecule has 0 aliphatic carbocycles. The molecule has 32 heavy (non-hydrogen) atoms. The van der Waals surface area contributed by atoms with Gasteiger partial charge in [-0.1, -0.05) is 41.9 Å². The maximum absolute atomic E-state index is 12.2. The van der Waals surface area contributed by atoms with E-state index < -0.39 is 0 Å². The first-order valence-electron chi connectivity index (χ1n) is 10.7. The molecule has 0 bridgehead atoms. The van der Waals surface area contributed by atoms with Crippen LogP contribution in [0.3, 0.4) is 0 Å². The standard InChI is InChI=1S/C25H25ClN4O2/c26-19-9-1-4-13-23(19)32-18-8-17-30-22-12-3-2-10-20(22)29-24(30)14-7-16-28-25(31)21-11-5-6-15-27-21/h1-6,9-13,15H,7-8,14,16-18H2,(H,28,31). The van der Waals surface area contributed by atoms with Gasteiger partial charge in [-0.2, -0.15) is 0 Å². The lowest BCUT2D eigenvalue weighted by Crippen LogP contribution is -2.25. The topological polar surface area (TPSA) is 69.0 Å². The van der Waals surface area contributed by atoms with E-state index in [4.69, 9.17) is 21.3 Å². The van der Waals surface area contributed by atoms with Crippen molar-refractivity contribution in [3.8, 4) is 5.75 Å². The fourth-order valence-corrected chi connectivity index (χ4v) is 3.76. The Labute approximate surface area is 192 Å². The molecule has 2 heterocycles. The highest BCUT2D eigenvalue weighted by Gasteiger charge is 2.11. The smallest absolute Gasteiger partial charge is 0.269 e. The second-order valence-electron chi connectivity index (χ2n) is 7.38.